The fraction of sp³-hybridized carbons (Fsp3) is 0.0769. The molecule has 2 aromatic rings. The Bertz CT molecular complexity index is 560. The lowest BCUT2D eigenvalue weighted by Gasteiger charge is -2.18. The molecule has 0 aliphatic rings. The zero-order valence-corrected chi connectivity index (χ0v) is 12.5. The van der Waals surface area contributed by atoms with Crippen LogP contribution in [0, 0.1) is 5.82 Å². The van der Waals surface area contributed by atoms with Crippen LogP contribution in [0.1, 0.15) is 17.2 Å². The summed E-state index contributed by atoms with van der Waals surface area (Å²) in [6.07, 6.45) is 0. The smallest absolute Gasteiger partial charge is 0.123 e. The third-order valence-corrected chi connectivity index (χ3v) is 3.80. The first-order valence-corrected chi connectivity index (χ1v) is 6.87. The zero-order chi connectivity index (χ0) is 13.1. The van der Waals surface area contributed by atoms with Gasteiger partial charge >= 0.3 is 0 Å². The number of nitrogens with one attached hydrogen (secondary N) is 1. The molecule has 0 amide bonds. The molecule has 0 saturated carbocycles. The molecule has 0 aromatic heterocycles. The highest BCUT2D eigenvalue weighted by molar-refractivity contribution is 9.11. The molecular formula is C13H11Br2FN2. The lowest BCUT2D eigenvalue weighted by atomic mass is 9.99. The van der Waals surface area contributed by atoms with Crippen molar-refractivity contribution in [3.8, 4) is 0 Å². The van der Waals surface area contributed by atoms with Gasteiger partial charge in [-0.2, -0.15) is 0 Å². The summed E-state index contributed by atoms with van der Waals surface area (Å²) in [6.45, 7) is 0. The van der Waals surface area contributed by atoms with Crippen LogP contribution in [0.5, 0.6) is 0 Å². The first-order chi connectivity index (χ1) is 8.61. The van der Waals surface area contributed by atoms with Crippen molar-refractivity contribution >= 4 is 31.9 Å². The number of benzene rings is 2. The van der Waals surface area contributed by atoms with Gasteiger partial charge in [0.15, 0.2) is 0 Å². The number of hydrazine groups is 1. The van der Waals surface area contributed by atoms with Crippen LogP contribution in [0.2, 0.25) is 0 Å². The van der Waals surface area contributed by atoms with E-state index in [0.29, 0.717) is 0 Å². The van der Waals surface area contributed by atoms with Crippen molar-refractivity contribution in [1.82, 2.24) is 5.43 Å². The van der Waals surface area contributed by atoms with E-state index in [-0.39, 0.29) is 11.9 Å². The van der Waals surface area contributed by atoms with Gasteiger partial charge in [0.05, 0.1) is 6.04 Å². The van der Waals surface area contributed by atoms with Crippen molar-refractivity contribution in [3.05, 3.63) is 68.4 Å². The second kappa shape index (κ2) is 5.93. The molecule has 0 saturated heterocycles. The lowest BCUT2D eigenvalue weighted by molar-refractivity contribution is 0.604. The summed E-state index contributed by atoms with van der Waals surface area (Å²) in [6, 6.07) is 11.9. The topological polar surface area (TPSA) is 38.0 Å². The van der Waals surface area contributed by atoms with Crippen molar-refractivity contribution in [2.45, 2.75) is 6.04 Å². The van der Waals surface area contributed by atoms with Crippen LogP contribution in [-0.4, -0.2) is 0 Å². The number of hydrogen-bond acceptors (Lipinski definition) is 2. The van der Waals surface area contributed by atoms with Crippen molar-refractivity contribution in [2.75, 3.05) is 0 Å². The maximum absolute atomic E-state index is 13.3. The van der Waals surface area contributed by atoms with Gasteiger partial charge in [0.25, 0.3) is 0 Å². The van der Waals surface area contributed by atoms with Gasteiger partial charge in [0.1, 0.15) is 5.82 Å². The second-order valence-corrected chi connectivity index (χ2v) is 5.59. The maximum Gasteiger partial charge on any atom is 0.123 e. The Labute approximate surface area is 122 Å². The predicted octanol–water partition coefficient (Wildman–Crippen LogP) is 3.90. The minimum atomic E-state index is -0.277. The van der Waals surface area contributed by atoms with E-state index in [1.54, 1.807) is 6.07 Å². The van der Waals surface area contributed by atoms with E-state index in [1.807, 2.05) is 24.3 Å². The Balaban J connectivity index is 2.45. The minimum Gasteiger partial charge on any atom is -0.271 e. The minimum absolute atomic E-state index is 0.261. The van der Waals surface area contributed by atoms with E-state index in [1.165, 1.54) is 12.1 Å². The number of halogens is 3. The largest absolute Gasteiger partial charge is 0.271 e. The highest BCUT2D eigenvalue weighted by Crippen LogP contribution is 2.30. The molecule has 0 spiro atoms. The average molecular weight is 374 g/mol. The molecule has 94 valence electrons. The maximum atomic E-state index is 13.3. The summed E-state index contributed by atoms with van der Waals surface area (Å²) < 4.78 is 15.1. The van der Waals surface area contributed by atoms with E-state index < -0.39 is 0 Å². The third-order valence-electron chi connectivity index (χ3n) is 2.62. The Hall–Kier alpha value is -0.750. The number of nitrogens with two attached hydrogens (primary N) is 1. The summed E-state index contributed by atoms with van der Waals surface area (Å²) >= 11 is 6.88. The first kappa shape index (κ1) is 13.7. The highest BCUT2D eigenvalue weighted by atomic mass is 79.9. The molecule has 0 bridgehead atoms. The van der Waals surface area contributed by atoms with Crippen LogP contribution in [0.4, 0.5) is 4.39 Å². The summed E-state index contributed by atoms with van der Waals surface area (Å²) in [7, 11) is 0. The van der Waals surface area contributed by atoms with Crippen LogP contribution in [0.3, 0.4) is 0 Å². The van der Waals surface area contributed by atoms with E-state index in [0.717, 1.165) is 20.1 Å². The SMILES string of the molecule is NNC(c1cccc(F)c1)c1ccc(Br)cc1Br. The van der Waals surface area contributed by atoms with Gasteiger partial charge in [-0.3, -0.25) is 5.84 Å². The molecule has 5 heteroatoms. The van der Waals surface area contributed by atoms with Gasteiger partial charge in [0, 0.05) is 8.95 Å². The Kier molecular flexibility index (Phi) is 4.50. The lowest BCUT2D eigenvalue weighted by Crippen LogP contribution is -2.29. The number of rotatable bonds is 3. The van der Waals surface area contributed by atoms with Crippen molar-refractivity contribution in [3.63, 3.8) is 0 Å². The fourth-order valence-corrected chi connectivity index (χ4v) is 3.06. The second-order valence-electron chi connectivity index (χ2n) is 3.82. The van der Waals surface area contributed by atoms with Crippen LogP contribution in [-0.2, 0) is 0 Å². The quantitative estimate of drug-likeness (QED) is 0.632. The number of hydrogen-bond donors (Lipinski definition) is 2. The van der Waals surface area contributed by atoms with Gasteiger partial charge in [-0.05, 0) is 35.4 Å². The zero-order valence-electron chi connectivity index (χ0n) is 9.33. The van der Waals surface area contributed by atoms with E-state index in [9.17, 15) is 4.39 Å². The first-order valence-electron chi connectivity index (χ1n) is 5.28. The van der Waals surface area contributed by atoms with Crippen LogP contribution >= 0.6 is 31.9 Å². The van der Waals surface area contributed by atoms with Crippen LogP contribution < -0.4 is 11.3 Å². The Morgan fingerprint density at radius 3 is 2.50 bits per heavy atom. The summed E-state index contributed by atoms with van der Waals surface area (Å²) in [5.74, 6) is 5.31. The normalized spacial score (nSPS) is 12.4. The van der Waals surface area contributed by atoms with Crippen molar-refractivity contribution in [1.29, 1.82) is 0 Å². The van der Waals surface area contributed by atoms with Gasteiger partial charge in [-0.1, -0.05) is 50.1 Å². The van der Waals surface area contributed by atoms with Gasteiger partial charge < -0.3 is 0 Å². The Morgan fingerprint density at radius 2 is 1.89 bits per heavy atom. The van der Waals surface area contributed by atoms with Crippen LogP contribution in [0.25, 0.3) is 0 Å². The van der Waals surface area contributed by atoms with Gasteiger partial charge in [-0.15, -0.1) is 0 Å². The van der Waals surface area contributed by atoms with E-state index in [4.69, 9.17) is 5.84 Å². The predicted molar refractivity (Wildman–Crippen MR) is 77.4 cm³/mol. The average Bonchev–Trinajstić information content (AvgIpc) is 2.33. The van der Waals surface area contributed by atoms with Crippen molar-refractivity contribution in [2.24, 2.45) is 5.84 Å². The van der Waals surface area contributed by atoms with Gasteiger partial charge in [0.2, 0.25) is 0 Å². The molecule has 2 aromatic carbocycles. The standard InChI is InChI=1S/C13H11Br2FN2/c14-9-4-5-11(12(15)7-9)13(18-17)8-2-1-3-10(16)6-8/h1-7,13,18H,17H2. The molecule has 1 unspecified atom stereocenters. The molecule has 2 nitrogen and oxygen atoms in total. The van der Waals surface area contributed by atoms with E-state index in [2.05, 4.69) is 37.3 Å². The molecule has 0 radical (unpaired) electrons. The molecular weight excluding hydrogens is 363 g/mol. The Morgan fingerprint density at radius 1 is 1.11 bits per heavy atom. The molecule has 0 aliphatic carbocycles. The monoisotopic (exact) mass is 372 g/mol. The third kappa shape index (κ3) is 2.98. The molecule has 1 atom stereocenters. The van der Waals surface area contributed by atoms with E-state index >= 15 is 0 Å². The summed E-state index contributed by atoms with van der Waals surface area (Å²) in [5, 5.41) is 0. The molecule has 0 aliphatic heterocycles. The molecule has 3 N–H and O–H groups in total. The summed E-state index contributed by atoms with van der Waals surface area (Å²) in [4.78, 5) is 0. The highest BCUT2D eigenvalue weighted by Gasteiger charge is 2.15. The fourth-order valence-electron chi connectivity index (χ4n) is 1.79. The molecule has 18 heavy (non-hydrogen) atoms. The molecule has 0 fully saturated rings. The van der Waals surface area contributed by atoms with Crippen LogP contribution in [0.15, 0.2) is 51.4 Å². The molecule has 0 heterocycles. The van der Waals surface area contributed by atoms with Gasteiger partial charge in [-0.25, -0.2) is 9.82 Å². The van der Waals surface area contributed by atoms with Crippen molar-refractivity contribution < 1.29 is 4.39 Å². The molecule has 2 rings (SSSR count). The summed E-state index contributed by atoms with van der Waals surface area (Å²) in [5.41, 5.74) is 4.44.